The first-order valence-corrected chi connectivity index (χ1v) is 8.88. The molecule has 1 saturated heterocycles. The van der Waals surface area contributed by atoms with Gasteiger partial charge in [0, 0.05) is 52.6 Å². The fraction of sp³-hybridized carbons (Fsp3) is 0.444. The van der Waals surface area contributed by atoms with Crippen LogP contribution in [-0.4, -0.2) is 83.8 Å². The quantitative estimate of drug-likeness (QED) is 0.545. The summed E-state index contributed by atoms with van der Waals surface area (Å²) in [6, 6.07) is 5.36. The second-order valence-corrected chi connectivity index (χ2v) is 6.28. The van der Waals surface area contributed by atoms with Crippen LogP contribution in [-0.2, 0) is 9.53 Å². The Balaban J connectivity index is 1.81. The number of fused-ring (bicyclic) bond motifs is 1. The van der Waals surface area contributed by atoms with Crippen LogP contribution in [0.25, 0.3) is 5.52 Å². The molecule has 2 aromatic heterocycles. The van der Waals surface area contributed by atoms with E-state index in [2.05, 4.69) is 10.3 Å². The number of carbonyl (C=O) groups excluding carboxylic acids is 3. The molecule has 0 spiro atoms. The van der Waals surface area contributed by atoms with E-state index in [1.54, 1.807) is 45.7 Å². The molecule has 9 heteroatoms. The molecule has 0 radical (unpaired) electrons. The summed E-state index contributed by atoms with van der Waals surface area (Å²) in [6.07, 6.45) is 3.20. The molecule has 0 bridgehead atoms. The van der Waals surface area contributed by atoms with E-state index in [0.29, 0.717) is 51.3 Å². The highest BCUT2D eigenvalue weighted by Crippen LogP contribution is 2.16. The molecule has 9 nitrogen and oxygen atoms in total. The lowest BCUT2D eigenvalue weighted by Gasteiger charge is -2.32. The average Bonchev–Trinajstić information content (AvgIpc) is 3.10. The van der Waals surface area contributed by atoms with E-state index in [0.717, 1.165) is 6.41 Å². The Morgan fingerprint density at radius 3 is 2.74 bits per heavy atom. The van der Waals surface area contributed by atoms with Crippen molar-refractivity contribution in [3.8, 4) is 0 Å². The number of amides is 3. The molecule has 3 amide bonds. The largest absolute Gasteiger partial charge is 0.385 e. The lowest BCUT2D eigenvalue weighted by atomic mass is 10.2. The van der Waals surface area contributed by atoms with Gasteiger partial charge in [0.1, 0.15) is 0 Å². The van der Waals surface area contributed by atoms with Gasteiger partial charge in [0.25, 0.3) is 11.8 Å². The first-order chi connectivity index (χ1) is 13.2. The smallest absolute Gasteiger partial charge is 0.287 e. The maximum absolute atomic E-state index is 12.9. The number of ether oxygens (including phenoxy) is 1. The molecule has 1 N–H and O–H groups in total. The normalized spacial score (nSPS) is 14.4. The number of hydrogen-bond acceptors (Lipinski definition) is 5. The van der Waals surface area contributed by atoms with Crippen molar-refractivity contribution in [2.24, 2.45) is 0 Å². The molecule has 27 heavy (non-hydrogen) atoms. The highest BCUT2D eigenvalue weighted by Gasteiger charge is 2.27. The van der Waals surface area contributed by atoms with Crippen molar-refractivity contribution in [3.63, 3.8) is 0 Å². The number of aromatic nitrogens is 2. The minimum Gasteiger partial charge on any atom is -0.385 e. The predicted octanol–water partition coefficient (Wildman–Crippen LogP) is 0.0148. The number of piperazine rings is 1. The molecule has 3 heterocycles. The third kappa shape index (κ3) is 4.08. The standard InChI is InChI=1S/C18H23N5O4/c1-27-12-4-6-19-17(25)16-20-15(14-5-2-3-7-23(14)16)18(26)22-10-8-21(13-24)9-11-22/h2-3,5,7,13H,4,6,8-12H2,1H3,(H,19,25). The molecular formula is C18H23N5O4. The zero-order valence-corrected chi connectivity index (χ0v) is 15.3. The highest BCUT2D eigenvalue weighted by atomic mass is 16.5. The number of pyridine rings is 1. The van der Waals surface area contributed by atoms with E-state index in [4.69, 9.17) is 4.74 Å². The van der Waals surface area contributed by atoms with Crippen molar-refractivity contribution in [1.29, 1.82) is 0 Å². The Kier molecular flexibility index (Phi) is 6.02. The van der Waals surface area contributed by atoms with Gasteiger partial charge in [-0.15, -0.1) is 0 Å². The summed E-state index contributed by atoms with van der Waals surface area (Å²) in [7, 11) is 1.61. The van der Waals surface area contributed by atoms with Gasteiger partial charge in [0.2, 0.25) is 12.2 Å². The van der Waals surface area contributed by atoms with Crippen molar-refractivity contribution >= 4 is 23.7 Å². The van der Waals surface area contributed by atoms with Crippen LogP contribution in [0.3, 0.4) is 0 Å². The summed E-state index contributed by atoms with van der Waals surface area (Å²) in [5.74, 6) is -0.391. The minimum absolute atomic E-state index is 0.179. The Morgan fingerprint density at radius 2 is 2.04 bits per heavy atom. The number of rotatable bonds is 7. The molecule has 0 unspecified atom stereocenters. The van der Waals surface area contributed by atoms with E-state index in [1.165, 1.54) is 0 Å². The summed E-state index contributed by atoms with van der Waals surface area (Å²) in [5.41, 5.74) is 0.833. The van der Waals surface area contributed by atoms with Crippen LogP contribution in [0.1, 0.15) is 27.5 Å². The second kappa shape index (κ2) is 8.63. The van der Waals surface area contributed by atoms with E-state index in [-0.39, 0.29) is 23.3 Å². The van der Waals surface area contributed by atoms with Gasteiger partial charge >= 0.3 is 0 Å². The monoisotopic (exact) mass is 373 g/mol. The molecule has 0 saturated carbocycles. The van der Waals surface area contributed by atoms with Crippen molar-refractivity contribution < 1.29 is 19.1 Å². The molecular weight excluding hydrogens is 350 g/mol. The van der Waals surface area contributed by atoms with Crippen molar-refractivity contribution in [2.45, 2.75) is 6.42 Å². The Bertz CT molecular complexity index is 826. The topological polar surface area (TPSA) is 96.2 Å². The molecule has 2 aromatic rings. The van der Waals surface area contributed by atoms with Gasteiger partial charge in [-0.2, -0.15) is 0 Å². The molecule has 1 aliphatic rings. The SMILES string of the molecule is COCCCNC(=O)c1nc(C(=O)N2CCN(C=O)CC2)c2ccccn12. The van der Waals surface area contributed by atoms with Gasteiger partial charge in [-0.3, -0.25) is 18.8 Å². The predicted molar refractivity (Wildman–Crippen MR) is 97.6 cm³/mol. The van der Waals surface area contributed by atoms with Crippen LogP contribution in [0.5, 0.6) is 0 Å². The Labute approximate surface area is 156 Å². The Morgan fingerprint density at radius 1 is 1.26 bits per heavy atom. The molecule has 0 aromatic carbocycles. The third-order valence-electron chi connectivity index (χ3n) is 4.52. The highest BCUT2D eigenvalue weighted by molar-refractivity contribution is 6.02. The molecule has 1 fully saturated rings. The van der Waals surface area contributed by atoms with Crippen LogP contribution in [0.2, 0.25) is 0 Å². The van der Waals surface area contributed by atoms with Crippen molar-refractivity contribution in [2.75, 3.05) is 46.4 Å². The summed E-state index contributed by atoms with van der Waals surface area (Å²) < 4.78 is 6.60. The summed E-state index contributed by atoms with van der Waals surface area (Å²) in [4.78, 5) is 43.9. The fourth-order valence-electron chi connectivity index (χ4n) is 3.03. The van der Waals surface area contributed by atoms with Crippen LogP contribution in [0.15, 0.2) is 24.4 Å². The molecule has 0 aliphatic carbocycles. The van der Waals surface area contributed by atoms with Crippen molar-refractivity contribution in [1.82, 2.24) is 24.5 Å². The Hall–Kier alpha value is -2.94. The first-order valence-electron chi connectivity index (χ1n) is 8.88. The van der Waals surface area contributed by atoms with Crippen molar-refractivity contribution in [3.05, 3.63) is 35.9 Å². The second-order valence-electron chi connectivity index (χ2n) is 6.28. The maximum atomic E-state index is 12.9. The van der Waals surface area contributed by atoms with Gasteiger partial charge in [0.15, 0.2) is 5.69 Å². The number of methoxy groups -OCH3 is 1. The van der Waals surface area contributed by atoms with Gasteiger partial charge in [-0.1, -0.05) is 6.07 Å². The molecule has 3 rings (SSSR count). The first kappa shape index (κ1) is 18.8. The number of carbonyl (C=O) groups is 3. The zero-order valence-electron chi connectivity index (χ0n) is 15.3. The molecule has 0 atom stereocenters. The fourth-order valence-corrected chi connectivity index (χ4v) is 3.03. The van der Waals surface area contributed by atoms with E-state index >= 15 is 0 Å². The van der Waals surface area contributed by atoms with Crippen LogP contribution >= 0.6 is 0 Å². The van der Waals surface area contributed by atoms with Gasteiger partial charge in [-0.05, 0) is 18.6 Å². The van der Waals surface area contributed by atoms with Crippen LogP contribution in [0.4, 0.5) is 0 Å². The number of nitrogens with one attached hydrogen (secondary N) is 1. The third-order valence-corrected chi connectivity index (χ3v) is 4.52. The van der Waals surface area contributed by atoms with E-state index in [1.807, 2.05) is 0 Å². The van der Waals surface area contributed by atoms with E-state index < -0.39 is 0 Å². The summed E-state index contributed by atoms with van der Waals surface area (Å²) in [6.45, 7) is 2.90. The summed E-state index contributed by atoms with van der Waals surface area (Å²) >= 11 is 0. The zero-order chi connectivity index (χ0) is 19.2. The van der Waals surface area contributed by atoms with Gasteiger partial charge in [-0.25, -0.2) is 4.98 Å². The van der Waals surface area contributed by atoms with Gasteiger partial charge in [0.05, 0.1) is 5.52 Å². The number of hydrogen-bond donors (Lipinski definition) is 1. The van der Waals surface area contributed by atoms with E-state index in [9.17, 15) is 14.4 Å². The summed E-state index contributed by atoms with van der Waals surface area (Å²) in [5, 5.41) is 2.80. The lowest BCUT2D eigenvalue weighted by Crippen LogP contribution is -2.48. The van der Waals surface area contributed by atoms with Crippen LogP contribution < -0.4 is 5.32 Å². The van der Waals surface area contributed by atoms with Crippen LogP contribution in [0, 0.1) is 0 Å². The maximum Gasteiger partial charge on any atom is 0.287 e. The number of imidazole rings is 1. The average molecular weight is 373 g/mol. The van der Waals surface area contributed by atoms with Gasteiger partial charge < -0.3 is 19.9 Å². The minimum atomic E-state index is -0.336. The number of nitrogens with zero attached hydrogens (tertiary/aromatic N) is 4. The molecule has 1 aliphatic heterocycles. The lowest BCUT2D eigenvalue weighted by molar-refractivity contribution is -0.119. The molecule has 144 valence electrons.